The SMILES string of the molecule is CCC(C)C(c1ccccc1)C(C)NN. The fourth-order valence-corrected chi connectivity index (χ4v) is 2.14. The third-order valence-electron chi connectivity index (χ3n) is 3.24. The molecule has 84 valence electrons. The number of rotatable bonds is 5. The highest BCUT2D eigenvalue weighted by atomic mass is 15.2. The van der Waals surface area contributed by atoms with E-state index in [1.165, 1.54) is 12.0 Å². The quantitative estimate of drug-likeness (QED) is 0.574. The maximum atomic E-state index is 5.55. The maximum Gasteiger partial charge on any atom is 0.0253 e. The normalized spacial score (nSPS) is 17.1. The summed E-state index contributed by atoms with van der Waals surface area (Å²) in [6.45, 7) is 6.65. The molecule has 15 heavy (non-hydrogen) atoms. The third kappa shape index (κ3) is 3.05. The van der Waals surface area contributed by atoms with Crippen LogP contribution in [-0.2, 0) is 0 Å². The van der Waals surface area contributed by atoms with Gasteiger partial charge in [-0.3, -0.25) is 11.3 Å². The fraction of sp³-hybridized carbons (Fsp3) is 0.538. The molecular formula is C13H22N2. The summed E-state index contributed by atoms with van der Waals surface area (Å²) in [6.07, 6.45) is 1.17. The lowest BCUT2D eigenvalue weighted by Crippen LogP contribution is -2.39. The van der Waals surface area contributed by atoms with E-state index in [4.69, 9.17) is 5.84 Å². The van der Waals surface area contributed by atoms with E-state index in [-0.39, 0.29) is 0 Å². The minimum Gasteiger partial charge on any atom is -0.271 e. The highest BCUT2D eigenvalue weighted by molar-refractivity contribution is 5.21. The molecule has 0 bridgehead atoms. The van der Waals surface area contributed by atoms with E-state index in [2.05, 4.69) is 56.5 Å². The van der Waals surface area contributed by atoms with Crippen molar-refractivity contribution in [3.8, 4) is 0 Å². The number of nitrogens with two attached hydrogens (primary N) is 1. The van der Waals surface area contributed by atoms with Crippen LogP contribution in [0.2, 0.25) is 0 Å². The Morgan fingerprint density at radius 2 is 1.80 bits per heavy atom. The molecule has 2 heteroatoms. The zero-order chi connectivity index (χ0) is 11.3. The Morgan fingerprint density at radius 1 is 1.20 bits per heavy atom. The molecule has 1 rings (SSSR count). The van der Waals surface area contributed by atoms with Crippen molar-refractivity contribution in [1.29, 1.82) is 0 Å². The molecule has 3 atom stereocenters. The Morgan fingerprint density at radius 3 is 2.27 bits per heavy atom. The van der Waals surface area contributed by atoms with Crippen molar-refractivity contribution in [3.05, 3.63) is 35.9 Å². The van der Waals surface area contributed by atoms with Gasteiger partial charge in [-0.1, -0.05) is 50.6 Å². The molecule has 0 saturated carbocycles. The molecular weight excluding hydrogens is 184 g/mol. The summed E-state index contributed by atoms with van der Waals surface area (Å²) in [7, 11) is 0. The summed E-state index contributed by atoms with van der Waals surface area (Å²) >= 11 is 0. The van der Waals surface area contributed by atoms with Crippen molar-refractivity contribution >= 4 is 0 Å². The summed E-state index contributed by atoms with van der Waals surface area (Å²) in [5.41, 5.74) is 4.25. The molecule has 0 heterocycles. The lowest BCUT2D eigenvalue weighted by molar-refractivity contribution is 0.354. The average molecular weight is 206 g/mol. The molecule has 0 aromatic heterocycles. The van der Waals surface area contributed by atoms with E-state index < -0.39 is 0 Å². The lowest BCUT2D eigenvalue weighted by atomic mass is 9.81. The highest BCUT2D eigenvalue weighted by Crippen LogP contribution is 2.29. The van der Waals surface area contributed by atoms with Gasteiger partial charge in [0.05, 0.1) is 0 Å². The molecule has 0 saturated heterocycles. The predicted molar refractivity (Wildman–Crippen MR) is 65.4 cm³/mol. The molecule has 0 fully saturated rings. The van der Waals surface area contributed by atoms with Gasteiger partial charge in [-0.25, -0.2) is 0 Å². The average Bonchev–Trinajstić information content (AvgIpc) is 2.30. The van der Waals surface area contributed by atoms with Crippen molar-refractivity contribution in [2.45, 2.75) is 39.2 Å². The third-order valence-corrected chi connectivity index (χ3v) is 3.24. The van der Waals surface area contributed by atoms with E-state index in [1.54, 1.807) is 0 Å². The van der Waals surface area contributed by atoms with E-state index in [1.807, 2.05) is 0 Å². The molecule has 0 aliphatic carbocycles. The monoisotopic (exact) mass is 206 g/mol. The first-order valence-corrected chi connectivity index (χ1v) is 5.71. The van der Waals surface area contributed by atoms with Crippen LogP contribution in [0, 0.1) is 5.92 Å². The van der Waals surface area contributed by atoms with Gasteiger partial charge in [0.15, 0.2) is 0 Å². The number of benzene rings is 1. The summed E-state index contributed by atoms with van der Waals surface area (Å²) in [5.74, 6) is 6.68. The minimum atomic E-state index is 0.308. The topological polar surface area (TPSA) is 38.0 Å². The largest absolute Gasteiger partial charge is 0.271 e. The first-order chi connectivity index (χ1) is 7.20. The van der Waals surface area contributed by atoms with E-state index in [0.29, 0.717) is 17.9 Å². The second-order valence-corrected chi connectivity index (χ2v) is 4.28. The Labute approximate surface area is 92.8 Å². The second-order valence-electron chi connectivity index (χ2n) is 4.28. The standard InChI is InChI=1S/C13H22N2/c1-4-10(2)13(11(3)15-14)12-8-6-5-7-9-12/h5-11,13,15H,4,14H2,1-3H3. The zero-order valence-corrected chi connectivity index (χ0v) is 9.90. The van der Waals surface area contributed by atoms with E-state index >= 15 is 0 Å². The second kappa shape index (κ2) is 5.89. The van der Waals surface area contributed by atoms with Gasteiger partial charge >= 0.3 is 0 Å². The van der Waals surface area contributed by atoms with Gasteiger partial charge < -0.3 is 0 Å². The molecule has 0 radical (unpaired) electrons. The molecule has 3 unspecified atom stereocenters. The van der Waals surface area contributed by atoms with Gasteiger partial charge in [-0.05, 0) is 18.4 Å². The van der Waals surface area contributed by atoms with Crippen molar-refractivity contribution in [3.63, 3.8) is 0 Å². The summed E-state index contributed by atoms with van der Waals surface area (Å²) in [6, 6.07) is 10.9. The molecule has 0 spiro atoms. The highest BCUT2D eigenvalue weighted by Gasteiger charge is 2.23. The maximum absolute atomic E-state index is 5.55. The molecule has 0 aliphatic rings. The predicted octanol–water partition coefficient (Wildman–Crippen LogP) is 2.67. The van der Waals surface area contributed by atoms with Crippen LogP contribution in [0.3, 0.4) is 0 Å². The van der Waals surface area contributed by atoms with Gasteiger partial charge in [-0.15, -0.1) is 0 Å². The van der Waals surface area contributed by atoms with Crippen molar-refractivity contribution < 1.29 is 0 Å². The molecule has 2 nitrogen and oxygen atoms in total. The number of nitrogens with one attached hydrogen (secondary N) is 1. The molecule has 3 N–H and O–H groups in total. The first-order valence-electron chi connectivity index (χ1n) is 5.71. The smallest absolute Gasteiger partial charge is 0.0253 e. The Kier molecular flexibility index (Phi) is 4.79. The minimum absolute atomic E-state index is 0.308. The number of hydrazine groups is 1. The molecule has 0 aliphatic heterocycles. The first kappa shape index (κ1) is 12.2. The van der Waals surface area contributed by atoms with Crippen LogP contribution >= 0.6 is 0 Å². The lowest BCUT2D eigenvalue weighted by Gasteiger charge is -2.29. The van der Waals surface area contributed by atoms with Crippen LogP contribution in [0.1, 0.15) is 38.7 Å². The van der Waals surface area contributed by atoms with Gasteiger partial charge in [-0.2, -0.15) is 0 Å². The molecule has 0 amide bonds. The summed E-state index contributed by atoms with van der Waals surface area (Å²) in [5, 5.41) is 0. The van der Waals surface area contributed by atoms with Crippen LogP contribution in [0.5, 0.6) is 0 Å². The summed E-state index contributed by atoms with van der Waals surface area (Å²) < 4.78 is 0. The van der Waals surface area contributed by atoms with Crippen LogP contribution < -0.4 is 11.3 Å². The Balaban J connectivity index is 2.91. The van der Waals surface area contributed by atoms with Gasteiger partial charge in [0.25, 0.3) is 0 Å². The van der Waals surface area contributed by atoms with Crippen molar-refractivity contribution in [2.75, 3.05) is 0 Å². The number of hydrogen-bond acceptors (Lipinski definition) is 2. The molecule has 1 aromatic carbocycles. The van der Waals surface area contributed by atoms with Gasteiger partial charge in [0.2, 0.25) is 0 Å². The van der Waals surface area contributed by atoms with E-state index in [9.17, 15) is 0 Å². The van der Waals surface area contributed by atoms with Gasteiger partial charge in [0, 0.05) is 12.0 Å². The van der Waals surface area contributed by atoms with E-state index in [0.717, 1.165) is 0 Å². The number of hydrogen-bond donors (Lipinski definition) is 2. The zero-order valence-electron chi connectivity index (χ0n) is 9.90. The van der Waals surface area contributed by atoms with Crippen molar-refractivity contribution in [1.82, 2.24) is 5.43 Å². The molecule has 1 aromatic rings. The van der Waals surface area contributed by atoms with Crippen molar-refractivity contribution in [2.24, 2.45) is 11.8 Å². The Bertz CT molecular complexity index is 261. The van der Waals surface area contributed by atoms with Crippen LogP contribution in [0.25, 0.3) is 0 Å². The van der Waals surface area contributed by atoms with Crippen LogP contribution in [0.15, 0.2) is 30.3 Å². The van der Waals surface area contributed by atoms with Gasteiger partial charge in [0.1, 0.15) is 0 Å². The fourth-order valence-electron chi connectivity index (χ4n) is 2.14. The Hall–Kier alpha value is -0.860. The summed E-state index contributed by atoms with van der Waals surface area (Å²) in [4.78, 5) is 0. The van der Waals surface area contributed by atoms with Crippen LogP contribution in [-0.4, -0.2) is 6.04 Å². The van der Waals surface area contributed by atoms with Crippen LogP contribution in [0.4, 0.5) is 0 Å².